The van der Waals surface area contributed by atoms with Crippen LogP contribution in [0.5, 0.6) is 0 Å². The summed E-state index contributed by atoms with van der Waals surface area (Å²) in [5.41, 5.74) is 0. The molecule has 0 spiro atoms. The smallest absolute Gasteiger partial charge is 0.195 e. The number of guanidine groups is 1. The van der Waals surface area contributed by atoms with E-state index >= 15 is 0 Å². The van der Waals surface area contributed by atoms with Crippen molar-refractivity contribution in [3.05, 3.63) is 0 Å². The van der Waals surface area contributed by atoms with Gasteiger partial charge in [-0.3, -0.25) is 4.99 Å². The third-order valence-corrected chi connectivity index (χ3v) is 3.87. The van der Waals surface area contributed by atoms with Crippen molar-refractivity contribution in [1.82, 2.24) is 9.80 Å². The van der Waals surface area contributed by atoms with E-state index in [1.165, 1.54) is 25.7 Å². The van der Waals surface area contributed by atoms with Gasteiger partial charge in [0, 0.05) is 47.9 Å². The molecular formula is C17H37N3O. The summed E-state index contributed by atoms with van der Waals surface area (Å²) in [6.07, 6.45) is 7.44. The molecule has 0 aromatic heterocycles. The summed E-state index contributed by atoms with van der Waals surface area (Å²) in [6, 6.07) is 0. The molecule has 0 heterocycles. The molecule has 0 aliphatic rings. The highest BCUT2D eigenvalue weighted by Crippen LogP contribution is 2.13. The van der Waals surface area contributed by atoms with E-state index in [0.717, 1.165) is 44.5 Å². The van der Waals surface area contributed by atoms with Gasteiger partial charge in [-0.2, -0.15) is 0 Å². The van der Waals surface area contributed by atoms with Crippen LogP contribution >= 0.6 is 0 Å². The second-order valence-electron chi connectivity index (χ2n) is 6.04. The zero-order valence-electron chi connectivity index (χ0n) is 15.2. The first-order valence-corrected chi connectivity index (χ1v) is 8.49. The lowest BCUT2D eigenvalue weighted by Gasteiger charge is -2.26. The van der Waals surface area contributed by atoms with Gasteiger partial charge in [-0.1, -0.05) is 33.1 Å². The Morgan fingerprint density at radius 3 is 2.33 bits per heavy atom. The third-order valence-electron chi connectivity index (χ3n) is 3.87. The molecule has 0 aromatic carbocycles. The Hall–Kier alpha value is -0.770. The average molecular weight is 300 g/mol. The van der Waals surface area contributed by atoms with Crippen LogP contribution < -0.4 is 0 Å². The molecule has 0 aliphatic heterocycles. The van der Waals surface area contributed by atoms with E-state index < -0.39 is 0 Å². The zero-order chi connectivity index (χ0) is 16.1. The number of aliphatic imine (C=N–C) groups is 1. The minimum absolute atomic E-state index is 0.750. The van der Waals surface area contributed by atoms with E-state index in [0.29, 0.717) is 0 Å². The van der Waals surface area contributed by atoms with Crippen LogP contribution in [0.3, 0.4) is 0 Å². The van der Waals surface area contributed by atoms with Crippen LogP contribution in [0.15, 0.2) is 4.99 Å². The molecule has 0 aromatic rings. The van der Waals surface area contributed by atoms with Crippen LogP contribution in [-0.2, 0) is 4.74 Å². The minimum atomic E-state index is 0.750. The summed E-state index contributed by atoms with van der Waals surface area (Å²) < 4.78 is 5.84. The lowest BCUT2D eigenvalue weighted by atomic mass is 10.0. The van der Waals surface area contributed by atoms with Crippen molar-refractivity contribution in [3.8, 4) is 0 Å². The van der Waals surface area contributed by atoms with E-state index in [4.69, 9.17) is 4.74 Å². The molecule has 1 unspecified atom stereocenters. The van der Waals surface area contributed by atoms with Gasteiger partial charge in [-0.15, -0.1) is 0 Å². The van der Waals surface area contributed by atoms with Crippen molar-refractivity contribution in [2.45, 2.75) is 52.4 Å². The minimum Gasteiger partial charge on any atom is -0.381 e. The molecular weight excluding hydrogens is 262 g/mol. The van der Waals surface area contributed by atoms with Crippen LogP contribution in [0.25, 0.3) is 0 Å². The standard InChI is InChI=1S/C17H37N3O/c1-7-9-12-16(8-2)15-21-14-11-10-13-20(6)17(18-3)19(4)5/h16H,7-15H2,1-6H3/b18-17-. The zero-order valence-corrected chi connectivity index (χ0v) is 15.2. The number of nitrogens with zero attached hydrogens (tertiary/aromatic N) is 3. The largest absolute Gasteiger partial charge is 0.381 e. The fourth-order valence-electron chi connectivity index (χ4n) is 2.51. The predicted molar refractivity (Wildman–Crippen MR) is 93.0 cm³/mol. The lowest BCUT2D eigenvalue weighted by molar-refractivity contribution is 0.0904. The van der Waals surface area contributed by atoms with Gasteiger partial charge in [0.2, 0.25) is 0 Å². The van der Waals surface area contributed by atoms with Gasteiger partial charge < -0.3 is 14.5 Å². The van der Waals surface area contributed by atoms with E-state index in [9.17, 15) is 0 Å². The summed E-state index contributed by atoms with van der Waals surface area (Å²) in [5.74, 6) is 1.78. The van der Waals surface area contributed by atoms with Crippen molar-refractivity contribution >= 4 is 5.96 Å². The van der Waals surface area contributed by atoms with Gasteiger partial charge in [0.05, 0.1) is 0 Å². The summed E-state index contributed by atoms with van der Waals surface area (Å²) in [4.78, 5) is 8.56. The predicted octanol–water partition coefficient (Wildman–Crippen LogP) is 3.48. The van der Waals surface area contributed by atoms with Crippen LogP contribution in [0.2, 0.25) is 0 Å². The van der Waals surface area contributed by atoms with Gasteiger partial charge in [-0.05, 0) is 25.2 Å². The molecule has 0 saturated heterocycles. The topological polar surface area (TPSA) is 28.1 Å². The Morgan fingerprint density at radius 1 is 1.10 bits per heavy atom. The Kier molecular flexibility index (Phi) is 12.5. The van der Waals surface area contributed by atoms with Crippen LogP contribution in [-0.4, -0.2) is 63.7 Å². The summed E-state index contributed by atoms with van der Waals surface area (Å²) >= 11 is 0. The highest BCUT2D eigenvalue weighted by molar-refractivity contribution is 5.79. The van der Waals surface area contributed by atoms with Crippen molar-refractivity contribution in [2.24, 2.45) is 10.9 Å². The molecule has 0 N–H and O–H groups in total. The third kappa shape index (κ3) is 9.72. The highest BCUT2D eigenvalue weighted by Gasteiger charge is 2.08. The van der Waals surface area contributed by atoms with E-state index in [1.807, 2.05) is 21.1 Å². The lowest BCUT2D eigenvalue weighted by Crippen LogP contribution is -2.38. The fraction of sp³-hybridized carbons (Fsp3) is 0.941. The second kappa shape index (κ2) is 12.9. The van der Waals surface area contributed by atoms with Gasteiger partial charge in [-0.25, -0.2) is 0 Å². The van der Waals surface area contributed by atoms with E-state index in [1.54, 1.807) is 0 Å². The van der Waals surface area contributed by atoms with Crippen LogP contribution in [0.1, 0.15) is 52.4 Å². The molecule has 4 nitrogen and oxygen atoms in total. The molecule has 1 atom stereocenters. The number of unbranched alkanes of at least 4 members (excludes halogenated alkanes) is 2. The first-order chi connectivity index (χ1) is 10.1. The fourth-order valence-corrected chi connectivity index (χ4v) is 2.51. The Balaban J connectivity index is 3.67. The maximum Gasteiger partial charge on any atom is 0.195 e. The van der Waals surface area contributed by atoms with E-state index in [-0.39, 0.29) is 0 Å². The molecule has 0 fully saturated rings. The number of rotatable bonds is 11. The monoisotopic (exact) mass is 299 g/mol. The Labute approximate surface area is 132 Å². The molecule has 126 valence electrons. The van der Waals surface area contributed by atoms with Gasteiger partial charge in [0.25, 0.3) is 0 Å². The highest BCUT2D eigenvalue weighted by atomic mass is 16.5. The number of ether oxygens (including phenoxy) is 1. The quantitative estimate of drug-likeness (QED) is 0.332. The van der Waals surface area contributed by atoms with Crippen molar-refractivity contribution < 1.29 is 4.74 Å². The summed E-state index contributed by atoms with van der Waals surface area (Å²) in [5, 5.41) is 0. The maximum atomic E-state index is 5.84. The molecule has 0 bridgehead atoms. The maximum absolute atomic E-state index is 5.84. The van der Waals surface area contributed by atoms with E-state index in [2.05, 4.69) is 35.7 Å². The van der Waals surface area contributed by atoms with Crippen molar-refractivity contribution in [2.75, 3.05) is 47.9 Å². The Bertz CT molecular complexity index is 267. The van der Waals surface area contributed by atoms with Crippen LogP contribution in [0.4, 0.5) is 0 Å². The van der Waals surface area contributed by atoms with Gasteiger partial charge >= 0.3 is 0 Å². The number of hydrogen-bond donors (Lipinski definition) is 0. The summed E-state index contributed by atoms with van der Waals surface area (Å²) in [6.45, 7) is 7.38. The van der Waals surface area contributed by atoms with Crippen molar-refractivity contribution in [1.29, 1.82) is 0 Å². The molecule has 0 saturated carbocycles. The van der Waals surface area contributed by atoms with Gasteiger partial charge in [0.15, 0.2) is 5.96 Å². The molecule has 0 aliphatic carbocycles. The molecule has 4 heteroatoms. The number of hydrogen-bond acceptors (Lipinski definition) is 2. The normalized spacial score (nSPS) is 13.3. The Morgan fingerprint density at radius 2 is 1.81 bits per heavy atom. The summed E-state index contributed by atoms with van der Waals surface area (Å²) in [7, 11) is 8.00. The first-order valence-electron chi connectivity index (χ1n) is 8.49. The molecule has 21 heavy (non-hydrogen) atoms. The molecule has 0 radical (unpaired) electrons. The second-order valence-corrected chi connectivity index (χ2v) is 6.04. The SMILES string of the molecule is CCCCC(CC)COCCCCN(C)/C(=N\C)N(C)C. The first kappa shape index (κ1) is 20.2. The molecule has 0 amide bonds. The van der Waals surface area contributed by atoms with Crippen molar-refractivity contribution in [3.63, 3.8) is 0 Å². The van der Waals surface area contributed by atoms with Crippen LogP contribution in [0, 0.1) is 5.92 Å². The average Bonchev–Trinajstić information content (AvgIpc) is 2.46. The molecule has 0 rings (SSSR count). The van der Waals surface area contributed by atoms with Gasteiger partial charge in [0.1, 0.15) is 0 Å².